The first-order valence-electron chi connectivity index (χ1n) is 10.1. The van der Waals surface area contributed by atoms with Crippen molar-refractivity contribution in [2.24, 2.45) is 5.41 Å². The predicted molar refractivity (Wildman–Crippen MR) is 119 cm³/mol. The first-order chi connectivity index (χ1) is 14.2. The van der Waals surface area contributed by atoms with Gasteiger partial charge in [-0.05, 0) is 69.4 Å². The zero-order valence-electron chi connectivity index (χ0n) is 18.6. The number of esters is 1. The van der Waals surface area contributed by atoms with E-state index >= 15 is 0 Å². The number of ether oxygens (including phenoxy) is 2. The zero-order valence-corrected chi connectivity index (χ0v) is 18.6. The van der Waals surface area contributed by atoms with Crippen LogP contribution in [0.2, 0.25) is 0 Å². The number of benzene rings is 2. The van der Waals surface area contributed by atoms with Crippen LogP contribution in [0.5, 0.6) is 5.75 Å². The molecule has 1 aromatic heterocycles. The molecule has 0 bridgehead atoms. The van der Waals surface area contributed by atoms with E-state index in [1.54, 1.807) is 0 Å². The van der Waals surface area contributed by atoms with Crippen molar-refractivity contribution in [3.8, 4) is 5.75 Å². The molecule has 6 heteroatoms. The van der Waals surface area contributed by atoms with Crippen LogP contribution >= 0.6 is 0 Å². The molecule has 160 valence electrons. The Hall–Kier alpha value is -2.86. The topological polar surface area (TPSA) is 56.6 Å². The molecule has 3 aromatic rings. The molecule has 2 aromatic carbocycles. The highest BCUT2D eigenvalue weighted by Crippen LogP contribution is 2.30. The van der Waals surface area contributed by atoms with Gasteiger partial charge in [0.2, 0.25) is 0 Å². The molecule has 30 heavy (non-hydrogen) atoms. The van der Waals surface area contributed by atoms with Gasteiger partial charge in [-0.15, -0.1) is 0 Å². The van der Waals surface area contributed by atoms with E-state index in [0.717, 1.165) is 16.5 Å². The summed E-state index contributed by atoms with van der Waals surface area (Å²) in [4.78, 5) is 18.3. The molecule has 0 saturated carbocycles. The third-order valence-electron chi connectivity index (χ3n) is 5.63. The number of aromatic nitrogens is 2. The smallest absolute Gasteiger partial charge is 0.314 e. The highest BCUT2D eigenvalue weighted by Gasteiger charge is 2.29. The normalized spacial score (nSPS) is 14.0. The average Bonchev–Trinajstić information content (AvgIpc) is 3.25. The molecule has 6 nitrogen and oxygen atoms in total. The van der Waals surface area contributed by atoms with Crippen molar-refractivity contribution in [3.63, 3.8) is 0 Å². The molecule has 0 radical (unpaired) electrons. The number of likely N-dealkylation sites (N-methyl/N-ethyl adjacent to an activating group) is 1. The number of hydrogen-bond donors (Lipinski definition) is 0. The lowest BCUT2D eigenvalue weighted by Crippen LogP contribution is -2.34. The van der Waals surface area contributed by atoms with Crippen molar-refractivity contribution < 1.29 is 14.3 Å². The minimum atomic E-state index is -0.700. The molecular weight excluding hydrogens is 378 g/mol. The van der Waals surface area contributed by atoms with Gasteiger partial charge < -0.3 is 18.9 Å². The van der Waals surface area contributed by atoms with Crippen LogP contribution in [0.25, 0.3) is 10.8 Å². The standard InChI is InChI=1S/C24H31N3O3/c1-17(26(4)5)22(27-12-11-25-16-27)20-8-7-19-14-21(10-9-18(19)13-20)30-15-24(2,3)23(28)29-6/h7-14,16-17,22H,15H2,1-6H3. The molecule has 0 amide bonds. The summed E-state index contributed by atoms with van der Waals surface area (Å²) in [5.41, 5.74) is 0.524. The summed E-state index contributed by atoms with van der Waals surface area (Å²) in [5, 5.41) is 2.23. The first kappa shape index (κ1) is 21.8. The monoisotopic (exact) mass is 409 g/mol. The molecular formula is C24H31N3O3. The Bertz CT molecular complexity index is 996. The largest absolute Gasteiger partial charge is 0.492 e. The van der Waals surface area contributed by atoms with Crippen LogP contribution in [0.3, 0.4) is 0 Å². The van der Waals surface area contributed by atoms with Crippen LogP contribution in [0, 0.1) is 5.41 Å². The molecule has 0 N–H and O–H groups in total. The number of fused-ring (bicyclic) bond motifs is 1. The van der Waals surface area contributed by atoms with Gasteiger partial charge in [-0.3, -0.25) is 4.79 Å². The Balaban J connectivity index is 1.86. The molecule has 0 saturated heterocycles. The highest BCUT2D eigenvalue weighted by molar-refractivity contribution is 5.84. The van der Waals surface area contributed by atoms with E-state index in [4.69, 9.17) is 9.47 Å². The lowest BCUT2D eigenvalue weighted by molar-refractivity contribution is -0.152. The number of nitrogens with zero attached hydrogens (tertiary/aromatic N) is 3. The lowest BCUT2D eigenvalue weighted by Gasteiger charge is -2.31. The quantitative estimate of drug-likeness (QED) is 0.523. The van der Waals surface area contributed by atoms with E-state index in [1.165, 1.54) is 12.7 Å². The van der Waals surface area contributed by atoms with Crippen LogP contribution in [0.1, 0.15) is 32.4 Å². The van der Waals surface area contributed by atoms with Crippen molar-refractivity contribution in [2.75, 3.05) is 27.8 Å². The van der Waals surface area contributed by atoms with Crippen molar-refractivity contribution in [1.82, 2.24) is 14.5 Å². The number of carbonyl (C=O) groups is 1. The molecule has 0 fully saturated rings. The number of hydrogen-bond acceptors (Lipinski definition) is 5. The Morgan fingerprint density at radius 3 is 2.50 bits per heavy atom. The Kier molecular flexibility index (Phi) is 6.46. The summed E-state index contributed by atoms with van der Waals surface area (Å²) in [6.07, 6.45) is 5.69. The minimum absolute atomic E-state index is 0.156. The van der Waals surface area contributed by atoms with Gasteiger partial charge in [-0.25, -0.2) is 4.98 Å². The van der Waals surface area contributed by atoms with Crippen LogP contribution in [-0.4, -0.2) is 54.3 Å². The van der Waals surface area contributed by atoms with Crippen LogP contribution < -0.4 is 4.74 Å². The van der Waals surface area contributed by atoms with Gasteiger partial charge in [0.1, 0.15) is 12.4 Å². The summed E-state index contributed by atoms with van der Waals surface area (Å²) >= 11 is 0. The Morgan fingerprint density at radius 1 is 1.17 bits per heavy atom. The lowest BCUT2D eigenvalue weighted by atomic mass is 9.95. The van der Waals surface area contributed by atoms with Crippen molar-refractivity contribution in [3.05, 3.63) is 60.7 Å². The van der Waals surface area contributed by atoms with Crippen LogP contribution in [-0.2, 0) is 9.53 Å². The molecule has 0 aliphatic rings. The SMILES string of the molecule is COC(=O)C(C)(C)COc1ccc2cc(C(C(C)N(C)C)n3ccnc3)ccc2c1. The zero-order chi connectivity index (χ0) is 21.9. The second-order valence-corrected chi connectivity index (χ2v) is 8.59. The van der Waals surface area contributed by atoms with Crippen LogP contribution in [0.4, 0.5) is 0 Å². The summed E-state index contributed by atoms with van der Waals surface area (Å²) < 4.78 is 12.9. The molecule has 0 aliphatic heterocycles. The Morgan fingerprint density at radius 2 is 1.87 bits per heavy atom. The molecule has 0 spiro atoms. The van der Waals surface area contributed by atoms with Gasteiger partial charge in [0, 0.05) is 18.4 Å². The van der Waals surface area contributed by atoms with Gasteiger partial charge in [0.25, 0.3) is 0 Å². The maximum atomic E-state index is 11.9. The van der Waals surface area contributed by atoms with Gasteiger partial charge in [-0.2, -0.15) is 0 Å². The van der Waals surface area contributed by atoms with Crippen molar-refractivity contribution in [2.45, 2.75) is 32.9 Å². The predicted octanol–water partition coefficient (Wildman–Crippen LogP) is 4.15. The van der Waals surface area contributed by atoms with Gasteiger partial charge in [-0.1, -0.05) is 18.2 Å². The average molecular weight is 410 g/mol. The fraction of sp³-hybridized carbons (Fsp3) is 0.417. The molecule has 1 heterocycles. The van der Waals surface area contributed by atoms with Crippen LogP contribution in [0.15, 0.2) is 55.1 Å². The third kappa shape index (κ3) is 4.65. The minimum Gasteiger partial charge on any atom is -0.492 e. The van der Waals surface area contributed by atoms with E-state index in [1.807, 2.05) is 44.7 Å². The van der Waals surface area contributed by atoms with Gasteiger partial charge >= 0.3 is 5.97 Å². The van der Waals surface area contributed by atoms with E-state index in [0.29, 0.717) is 6.04 Å². The second kappa shape index (κ2) is 8.88. The highest BCUT2D eigenvalue weighted by atomic mass is 16.5. The molecule has 0 aliphatic carbocycles. The number of methoxy groups -OCH3 is 1. The Labute approximate surface area is 178 Å². The number of imidazole rings is 1. The molecule has 2 unspecified atom stereocenters. The summed E-state index contributed by atoms with van der Waals surface area (Å²) in [6.45, 7) is 6.10. The van der Waals surface area contributed by atoms with Gasteiger partial charge in [0.15, 0.2) is 0 Å². The first-order valence-corrected chi connectivity index (χ1v) is 10.1. The molecule has 3 rings (SSSR count). The number of carbonyl (C=O) groups excluding carboxylic acids is 1. The fourth-order valence-corrected chi connectivity index (χ4v) is 3.53. The second-order valence-electron chi connectivity index (χ2n) is 8.59. The van der Waals surface area contributed by atoms with E-state index in [9.17, 15) is 4.79 Å². The van der Waals surface area contributed by atoms with E-state index < -0.39 is 5.41 Å². The van der Waals surface area contributed by atoms with Crippen molar-refractivity contribution in [1.29, 1.82) is 0 Å². The van der Waals surface area contributed by atoms with E-state index in [2.05, 4.69) is 59.7 Å². The van der Waals surface area contributed by atoms with E-state index in [-0.39, 0.29) is 18.6 Å². The summed E-state index contributed by atoms with van der Waals surface area (Å²) in [6, 6.07) is 13.0. The maximum absolute atomic E-state index is 11.9. The van der Waals surface area contributed by atoms with Crippen molar-refractivity contribution >= 4 is 16.7 Å². The third-order valence-corrected chi connectivity index (χ3v) is 5.63. The molecule has 2 atom stereocenters. The number of rotatable bonds is 8. The summed E-state index contributed by atoms with van der Waals surface area (Å²) in [7, 11) is 5.58. The maximum Gasteiger partial charge on any atom is 0.314 e. The fourth-order valence-electron chi connectivity index (χ4n) is 3.53. The van der Waals surface area contributed by atoms with Gasteiger partial charge in [0.05, 0.1) is 24.9 Å². The summed E-state index contributed by atoms with van der Waals surface area (Å²) in [5.74, 6) is 0.452.